The van der Waals surface area contributed by atoms with E-state index in [4.69, 9.17) is 23.2 Å². The highest BCUT2D eigenvalue weighted by Crippen LogP contribution is 2.23. The smallest absolute Gasteiger partial charge is 0.0548 e. The highest BCUT2D eigenvalue weighted by atomic mass is 35.5. The molecule has 1 aliphatic carbocycles. The number of hydrogen-bond acceptors (Lipinski definition) is 0. The van der Waals surface area contributed by atoms with Crippen LogP contribution in [0, 0.1) is 6.42 Å². The lowest BCUT2D eigenvalue weighted by atomic mass is 10.2. The highest BCUT2D eigenvalue weighted by molar-refractivity contribution is 6.40. The fourth-order valence-corrected chi connectivity index (χ4v) is 0.814. The van der Waals surface area contributed by atoms with Gasteiger partial charge in [0, 0.05) is 5.03 Å². The molecule has 0 aromatic rings. The maximum Gasteiger partial charge on any atom is 0.0548 e. The third-order valence-corrected chi connectivity index (χ3v) is 1.74. The van der Waals surface area contributed by atoms with Crippen LogP contribution in [0.15, 0.2) is 22.2 Å². The molecule has 0 aromatic carbocycles. The summed E-state index contributed by atoms with van der Waals surface area (Å²) in [6.07, 6.45) is 6.42. The van der Waals surface area contributed by atoms with E-state index in [9.17, 15) is 0 Å². The molecule has 0 N–H and O–H groups in total. The molecular formula is C6H5Cl2. The Morgan fingerprint density at radius 2 is 2.12 bits per heavy atom. The highest BCUT2D eigenvalue weighted by Gasteiger charge is 2.01. The number of halogens is 2. The standard InChI is InChI=1S/C6H5Cl2/c7-5-3-1-2-4-6(5)8/h1-3H,4H2. The van der Waals surface area contributed by atoms with Gasteiger partial charge in [-0.25, -0.2) is 0 Å². The molecule has 2 heteroatoms. The van der Waals surface area contributed by atoms with Gasteiger partial charge in [-0.05, 0) is 18.9 Å². The molecule has 0 saturated carbocycles. The van der Waals surface area contributed by atoms with Gasteiger partial charge in [0.25, 0.3) is 0 Å². The minimum Gasteiger partial charge on any atom is -0.0875 e. The predicted molar refractivity (Wildman–Crippen MR) is 36.8 cm³/mol. The van der Waals surface area contributed by atoms with Crippen molar-refractivity contribution in [3.8, 4) is 0 Å². The summed E-state index contributed by atoms with van der Waals surface area (Å²) in [6.45, 7) is 0. The van der Waals surface area contributed by atoms with Crippen LogP contribution in [0.4, 0.5) is 0 Å². The van der Waals surface area contributed by atoms with Crippen LogP contribution >= 0.6 is 23.2 Å². The zero-order valence-electron chi connectivity index (χ0n) is 4.20. The first-order valence-corrected chi connectivity index (χ1v) is 3.10. The Labute approximate surface area is 58.8 Å². The molecule has 43 valence electrons. The van der Waals surface area contributed by atoms with Gasteiger partial charge in [-0.1, -0.05) is 29.3 Å². The minimum absolute atomic E-state index is 0.661. The summed E-state index contributed by atoms with van der Waals surface area (Å²) in [4.78, 5) is 0. The number of allylic oxidation sites excluding steroid dienone is 4. The lowest BCUT2D eigenvalue weighted by molar-refractivity contribution is 1.23. The van der Waals surface area contributed by atoms with Crippen molar-refractivity contribution in [2.75, 3.05) is 0 Å². The van der Waals surface area contributed by atoms with Gasteiger partial charge in [-0.2, -0.15) is 0 Å². The maximum absolute atomic E-state index is 5.63. The van der Waals surface area contributed by atoms with Gasteiger partial charge in [0.2, 0.25) is 0 Å². The molecule has 1 aliphatic rings. The van der Waals surface area contributed by atoms with Crippen molar-refractivity contribution in [2.24, 2.45) is 0 Å². The minimum atomic E-state index is 0.661. The van der Waals surface area contributed by atoms with Crippen molar-refractivity contribution >= 4 is 23.2 Å². The molecule has 8 heavy (non-hydrogen) atoms. The van der Waals surface area contributed by atoms with E-state index < -0.39 is 0 Å². The van der Waals surface area contributed by atoms with Crippen LogP contribution in [0.5, 0.6) is 0 Å². The van der Waals surface area contributed by atoms with E-state index in [0.717, 1.165) is 11.5 Å². The van der Waals surface area contributed by atoms with E-state index in [1.807, 2.05) is 12.5 Å². The molecule has 0 heterocycles. The van der Waals surface area contributed by atoms with E-state index in [0.29, 0.717) is 5.03 Å². The maximum atomic E-state index is 5.63. The fourth-order valence-electron chi connectivity index (χ4n) is 0.512. The van der Waals surface area contributed by atoms with E-state index >= 15 is 0 Å². The molecule has 1 rings (SSSR count). The quantitative estimate of drug-likeness (QED) is 0.495. The van der Waals surface area contributed by atoms with E-state index in [2.05, 4.69) is 0 Å². The molecule has 0 aliphatic heterocycles. The predicted octanol–water partition coefficient (Wildman–Crippen LogP) is 2.84. The van der Waals surface area contributed by atoms with Crippen molar-refractivity contribution in [2.45, 2.75) is 6.42 Å². The Balaban J connectivity index is 2.76. The fraction of sp³-hybridized carbons (Fsp3) is 0.167. The van der Waals surface area contributed by atoms with Crippen LogP contribution in [0.3, 0.4) is 0 Å². The lowest BCUT2D eigenvalue weighted by Gasteiger charge is -2.01. The monoisotopic (exact) mass is 147 g/mol. The van der Waals surface area contributed by atoms with Gasteiger partial charge in [0.1, 0.15) is 0 Å². The third-order valence-electron chi connectivity index (χ3n) is 0.935. The molecule has 0 fully saturated rings. The Morgan fingerprint density at radius 1 is 1.38 bits per heavy atom. The molecule has 0 spiro atoms. The first kappa shape index (κ1) is 6.18. The summed E-state index contributed by atoms with van der Waals surface area (Å²) >= 11 is 11.2. The lowest BCUT2D eigenvalue weighted by Crippen LogP contribution is -1.82. The van der Waals surface area contributed by atoms with Crippen molar-refractivity contribution < 1.29 is 0 Å². The Kier molecular flexibility index (Phi) is 1.98. The molecule has 0 bridgehead atoms. The van der Waals surface area contributed by atoms with Crippen LogP contribution in [0.2, 0.25) is 0 Å². The second-order valence-corrected chi connectivity index (χ2v) is 2.42. The van der Waals surface area contributed by atoms with Crippen molar-refractivity contribution in [3.05, 3.63) is 28.6 Å². The van der Waals surface area contributed by atoms with Gasteiger partial charge in [0.15, 0.2) is 0 Å². The Hall–Kier alpha value is 0.0600. The SMILES string of the molecule is ClC1=C(Cl)C[CH]C=C1. The van der Waals surface area contributed by atoms with Crippen molar-refractivity contribution in [3.63, 3.8) is 0 Å². The van der Waals surface area contributed by atoms with E-state index in [1.165, 1.54) is 0 Å². The normalized spacial score (nSPS) is 19.8. The molecule has 0 aromatic heterocycles. The van der Waals surface area contributed by atoms with Gasteiger partial charge in [-0.3, -0.25) is 0 Å². The Bertz CT molecular complexity index is 145. The van der Waals surface area contributed by atoms with Gasteiger partial charge in [-0.15, -0.1) is 0 Å². The summed E-state index contributed by atoms with van der Waals surface area (Å²) in [5, 5.41) is 1.39. The molecule has 0 nitrogen and oxygen atoms in total. The van der Waals surface area contributed by atoms with Crippen LogP contribution in [-0.2, 0) is 0 Å². The molecule has 0 saturated heterocycles. The first-order valence-electron chi connectivity index (χ1n) is 2.35. The van der Waals surface area contributed by atoms with Gasteiger partial charge < -0.3 is 0 Å². The van der Waals surface area contributed by atoms with Gasteiger partial charge >= 0.3 is 0 Å². The van der Waals surface area contributed by atoms with Crippen LogP contribution in [0.25, 0.3) is 0 Å². The zero-order valence-corrected chi connectivity index (χ0v) is 5.71. The first-order chi connectivity index (χ1) is 3.80. The largest absolute Gasteiger partial charge is 0.0875 e. The van der Waals surface area contributed by atoms with Crippen LogP contribution < -0.4 is 0 Å². The average molecular weight is 148 g/mol. The van der Waals surface area contributed by atoms with Crippen molar-refractivity contribution in [1.29, 1.82) is 0 Å². The number of rotatable bonds is 0. The van der Waals surface area contributed by atoms with Crippen molar-refractivity contribution in [1.82, 2.24) is 0 Å². The molecule has 0 atom stereocenters. The van der Waals surface area contributed by atoms with Gasteiger partial charge in [0.05, 0.1) is 5.03 Å². The summed E-state index contributed by atoms with van der Waals surface area (Å²) in [7, 11) is 0. The number of hydrogen-bond donors (Lipinski definition) is 0. The second-order valence-electron chi connectivity index (χ2n) is 1.55. The summed E-state index contributed by atoms with van der Waals surface area (Å²) < 4.78 is 0. The van der Waals surface area contributed by atoms with Crippen LogP contribution in [-0.4, -0.2) is 0 Å². The second kappa shape index (κ2) is 2.56. The van der Waals surface area contributed by atoms with E-state index in [-0.39, 0.29) is 0 Å². The average Bonchev–Trinajstić information content (AvgIpc) is 1.77. The zero-order chi connectivity index (χ0) is 5.98. The molecule has 1 radical (unpaired) electrons. The van der Waals surface area contributed by atoms with Crippen LogP contribution in [0.1, 0.15) is 6.42 Å². The molecule has 0 amide bonds. The molecular weight excluding hydrogens is 143 g/mol. The van der Waals surface area contributed by atoms with E-state index in [1.54, 1.807) is 6.08 Å². The summed E-state index contributed by atoms with van der Waals surface area (Å²) in [6, 6.07) is 0. The summed E-state index contributed by atoms with van der Waals surface area (Å²) in [5.41, 5.74) is 0. The Morgan fingerprint density at radius 3 is 2.50 bits per heavy atom. The third kappa shape index (κ3) is 1.27. The summed E-state index contributed by atoms with van der Waals surface area (Å²) in [5.74, 6) is 0. The molecule has 0 unspecified atom stereocenters. The topological polar surface area (TPSA) is 0 Å².